The zero-order chi connectivity index (χ0) is 12.8. The molecule has 4 nitrogen and oxygen atoms in total. The van der Waals surface area contributed by atoms with E-state index >= 15 is 0 Å². The van der Waals surface area contributed by atoms with Gasteiger partial charge in [-0.25, -0.2) is 4.98 Å². The Kier molecular flexibility index (Phi) is 4.92. The molecule has 0 N–H and O–H groups in total. The lowest BCUT2D eigenvalue weighted by Crippen LogP contribution is -2.13. The molecule has 1 aromatic heterocycles. The standard InChI is InChI=1S/C13H16N2O2S/c1-16-13(17-2)7-8-18-12-9-14-10-5-3-4-6-11(10)15-12/h3-6,9,13H,7-8H2,1-2H3. The van der Waals surface area contributed by atoms with E-state index in [0.717, 1.165) is 28.2 Å². The lowest BCUT2D eigenvalue weighted by molar-refractivity contribution is -0.102. The zero-order valence-electron chi connectivity index (χ0n) is 10.5. The molecular weight excluding hydrogens is 248 g/mol. The molecule has 0 aliphatic heterocycles. The predicted octanol–water partition coefficient (Wildman–Crippen LogP) is 2.73. The first-order chi connectivity index (χ1) is 8.83. The maximum absolute atomic E-state index is 5.14. The molecule has 0 fully saturated rings. The molecule has 0 amide bonds. The Labute approximate surface area is 111 Å². The van der Waals surface area contributed by atoms with Gasteiger partial charge in [-0.15, -0.1) is 11.8 Å². The summed E-state index contributed by atoms with van der Waals surface area (Å²) in [6.45, 7) is 0. The molecule has 0 atom stereocenters. The van der Waals surface area contributed by atoms with E-state index < -0.39 is 0 Å². The van der Waals surface area contributed by atoms with Gasteiger partial charge in [0, 0.05) is 26.4 Å². The number of methoxy groups -OCH3 is 2. The van der Waals surface area contributed by atoms with Gasteiger partial charge in [-0.1, -0.05) is 12.1 Å². The third-order valence-corrected chi connectivity index (χ3v) is 3.49. The molecule has 0 aliphatic carbocycles. The molecule has 0 saturated heterocycles. The number of fused-ring (bicyclic) bond motifs is 1. The van der Waals surface area contributed by atoms with Crippen LogP contribution in [0.1, 0.15) is 6.42 Å². The number of hydrogen-bond acceptors (Lipinski definition) is 5. The van der Waals surface area contributed by atoms with Crippen LogP contribution in [0.15, 0.2) is 35.5 Å². The van der Waals surface area contributed by atoms with Crippen LogP contribution in [0.25, 0.3) is 11.0 Å². The molecule has 0 radical (unpaired) electrons. The number of benzene rings is 1. The second-order valence-corrected chi connectivity index (χ2v) is 4.85. The minimum absolute atomic E-state index is 0.147. The first kappa shape index (κ1) is 13.3. The van der Waals surface area contributed by atoms with Crippen molar-refractivity contribution in [2.24, 2.45) is 0 Å². The normalized spacial score (nSPS) is 11.3. The van der Waals surface area contributed by atoms with Gasteiger partial charge in [0.05, 0.1) is 17.2 Å². The van der Waals surface area contributed by atoms with E-state index in [0.29, 0.717) is 0 Å². The van der Waals surface area contributed by atoms with Gasteiger partial charge in [-0.3, -0.25) is 4.98 Å². The summed E-state index contributed by atoms with van der Waals surface area (Å²) in [4.78, 5) is 8.92. The fourth-order valence-corrected chi connectivity index (χ4v) is 2.41. The number of para-hydroxylation sites is 2. The average molecular weight is 264 g/mol. The van der Waals surface area contributed by atoms with Gasteiger partial charge in [-0.05, 0) is 12.1 Å². The van der Waals surface area contributed by atoms with Crippen LogP contribution in [0.3, 0.4) is 0 Å². The average Bonchev–Trinajstić information content (AvgIpc) is 2.43. The van der Waals surface area contributed by atoms with Crippen LogP contribution < -0.4 is 0 Å². The van der Waals surface area contributed by atoms with Crippen LogP contribution in [0.4, 0.5) is 0 Å². The first-order valence-corrected chi connectivity index (χ1v) is 6.72. The fourth-order valence-electron chi connectivity index (χ4n) is 1.60. The lowest BCUT2D eigenvalue weighted by Gasteiger charge is -2.12. The van der Waals surface area contributed by atoms with Crippen LogP contribution in [0.2, 0.25) is 0 Å². The summed E-state index contributed by atoms with van der Waals surface area (Å²) in [5, 5.41) is 0.930. The van der Waals surface area contributed by atoms with Crippen LogP contribution in [-0.2, 0) is 9.47 Å². The Morgan fingerprint density at radius 1 is 1.17 bits per heavy atom. The molecule has 5 heteroatoms. The van der Waals surface area contributed by atoms with E-state index in [4.69, 9.17) is 9.47 Å². The Morgan fingerprint density at radius 2 is 1.89 bits per heavy atom. The molecule has 0 saturated carbocycles. The van der Waals surface area contributed by atoms with Crippen molar-refractivity contribution in [3.63, 3.8) is 0 Å². The lowest BCUT2D eigenvalue weighted by atomic mass is 10.3. The predicted molar refractivity (Wildman–Crippen MR) is 72.7 cm³/mol. The van der Waals surface area contributed by atoms with Crippen LogP contribution in [0, 0.1) is 0 Å². The van der Waals surface area contributed by atoms with Crippen LogP contribution in [-0.4, -0.2) is 36.2 Å². The van der Waals surface area contributed by atoms with Crippen LogP contribution >= 0.6 is 11.8 Å². The number of thioether (sulfide) groups is 1. The minimum atomic E-state index is -0.147. The van der Waals surface area contributed by atoms with E-state index in [1.54, 1.807) is 26.0 Å². The third-order valence-electron chi connectivity index (χ3n) is 2.56. The number of aromatic nitrogens is 2. The SMILES string of the molecule is COC(CCSc1cnc2ccccc2n1)OC. The van der Waals surface area contributed by atoms with Crippen molar-refractivity contribution in [1.29, 1.82) is 0 Å². The molecule has 1 heterocycles. The van der Waals surface area contributed by atoms with Gasteiger partial charge in [0.15, 0.2) is 6.29 Å². The Balaban J connectivity index is 1.95. The van der Waals surface area contributed by atoms with Crippen molar-refractivity contribution < 1.29 is 9.47 Å². The summed E-state index contributed by atoms with van der Waals surface area (Å²) in [5.41, 5.74) is 1.85. The maximum atomic E-state index is 5.14. The smallest absolute Gasteiger partial charge is 0.157 e. The molecule has 1 aromatic carbocycles. The summed E-state index contributed by atoms with van der Waals surface area (Å²) in [6.07, 6.45) is 2.49. The minimum Gasteiger partial charge on any atom is -0.356 e. The van der Waals surface area contributed by atoms with E-state index in [-0.39, 0.29) is 6.29 Å². The first-order valence-electron chi connectivity index (χ1n) is 5.73. The largest absolute Gasteiger partial charge is 0.356 e. The molecule has 0 unspecified atom stereocenters. The van der Waals surface area contributed by atoms with Crippen LogP contribution in [0.5, 0.6) is 0 Å². The van der Waals surface area contributed by atoms with Crippen molar-refractivity contribution in [3.05, 3.63) is 30.5 Å². The molecular formula is C13H16N2O2S. The molecule has 96 valence electrons. The zero-order valence-corrected chi connectivity index (χ0v) is 11.3. The molecule has 0 bridgehead atoms. The Hall–Kier alpha value is -1.17. The van der Waals surface area contributed by atoms with Crippen molar-refractivity contribution in [2.45, 2.75) is 17.7 Å². The number of hydrogen-bond donors (Lipinski definition) is 0. The van der Waals surface area contributed by atoms with Gasteiger partial charge >= 0.3 is 0 Å². The Bertz CT molecular complexity index is 503. The molecule has 0 aliphatic rings. The number of nitrogens with zero attached hydrogens (tertiary/aromatic N) is 2. The quantitative estimate of drug-likeness (QED) is 0.593. The molecule has 0 spiro atoms. The highest BCUT2D eigenvalue weighted by Gasteiger charge is 2.06. The highest BCUT2D eigenvalue weighted by Crippen LogP contribution is 2.19. The molecule has 18 heavy (non-hydrogen) atoms. The fraction of sp³-hybridized carbons (Fsp3) is 0.385. The number of rotatable bonds is 6. The van der Waals surface area contributed by atoms with E-state index in [1.807, 2.05) is 30.5 Å². The van der Waals surface area contributed by atoms with E-state index in [9.17, 15) is 0 Å². The second kappa shape index (κ2) is 6.68. The van der Waals surface area contributed by atoms with Gasteiger partial charge in [0.1, 0.15) is 5.03 Å². The third kappa shape index (κ3) is 3.41. The van der Waals surface area contributed by atoms with Crippen molar-refractivity contribution in [1.82, 2.24) is 9.97 Å². The van der Waals surface area contributed by atoms with Crippen molar-refractivity contribution in [3.8, 4) is 0 Å². The highest BCUT2D eigenvalue weighted by molar-refractivity contribution is 7.99. The second-order valence-electron chi connectivity index (χ2n) is 3.74. The van der Waals surface area contributed by atoms with Gasteiger partial charge in [-0.2, -0.15) is 0 Å². The van der Waals surface area contributed by atoms with Gasteiger partial charge in [0.25, 0.3) is 0 Å². The van der Waals surface area contributed by atoms with E-state index in [2.05, 4.69) is 9.97 Å². The molecule has 2 rings (SSSR count). The summed E-state index contributed by atoms with van der Waals surface area (Å²) < 4.78 is 10.3. The van der Waals surface area contributed by atoms with Crippen molar-refractivity contribution >= 4 is 22.8 Å². The van der Waals surface area contributed by atoms with Gasteiger partial charge < -0.3 is 9.47 Å². The Morgan fingerprint density at radius 3 is 2.61 bits per heavy atom. The highest BCUT2D eigenvalue weighted by atomic mass is 32.2. The summed E-state index contributed by atoms with van der Waals surface area (Å²) in [5.74, 6) is 0.888. The summed E-state index contributed by atoms with van der Waals surface area (Å²) in [6, 6.07) is 7.87. The van der Waals surface area contributed by atoms with E-state index in [1.165, 1.54) is 0 Å². The summed E-state index contributed by atoms with van der Waals surface area (Å²) >= 11 is 1.66. The molecule has 2 aromatic rings. The van der Waals surface area contributed by atoms with Crippen molar-refractivity contribution in [2.75, 3.05) is 20.0 Å². The number of ether oxygens (including phenoxy) is 2. The monoisotopic (exact) mass is 264 g/mol. The summed E-state index contributed by atoms with van der Waals surface area (Å²) in [7, 11) is 3.29. The van der Waals surface area contributed by atoms with Gasteiger partial charge in [0.2, 0.25) is 0 Å². The maximum Gasteiger partial charge on any atom is 0.157 e. The topological polar surface area (TPSA) is 44.2 Å².